The molecular formula is C13H9N3O3. The number of hydrogen-bond donors (Lipinski definition) is 0. The first-order valence-electron chi connectivity index (χ1n) is 5.39. The third kappa shape index (κ3) is 2.50. The molecule has 0 fully saturated rings. The van der Waals surface area contributed by atoms with Crippen LogP contribution >= 0.6 is 0 Å². The SMILES string of the molecule is Cc1c(Oc2cnccc2C#N)cccc1[N+](=O)[O-]. The monoisotopic (exact) mass is 255 g/mol. The smallest absolute Gasteiger partial charge is 0.276 e. The first kappa shape index (κ1) is 12.5. The summed E-state index contributed by atoms with van der Waals surface area (Å²) < 4.78 is 5.53. The van der Waals surface area contributed by atoms with Gasteiger partial charge in [-0.15, -0.1) is 0 Å². The summed E-state index contributed by atoms with van der Waals surface area (Å²) in [5.41, 5.74) is 0.695. The predicted molar refractivity (Wildman–Crippen MR) is 66.9 cm³/mol. The summed E-state index contributed by atoms with van der Waals surface area (Å²) >= 11 is 0. The predicted octanol–water partition coefficient (Wildman–Crippen LogP) is 2.96. The lowest BCUT2D eigenvalue weighted by molar-refractivity contribution is -0.385. The molecule has 0 N–H and O–H groups in total. The summed E-state index contributed by atoms with van der Waals surface area (Å²) in [7, 11) is 0. The van der Waals surface area contributed by atoms with Gasteiger partial charge in [-0.3, -0.25) is 15.1 Å². The van der Waals surface area contributed by atoms with Gasteiger partial charge in [0.25, 0.3) is 5.69 Å². The second kappa shape index (κ2) is 5.14. The third-order valence-corrected chi connectivity index (χ3v) is 2.58. The standard InChI is InChI=1S/C13H9N3O3/c1-9-11(16(17)18)3-2-4-12(9)19-13-8-15-6-5-10(13)7-14/h2-6,8H,1H3. The van der Waals surface area contributed by atoms with Crippen LogP contribution in [0, 0.1) is 28.4 Å². The Morgan fingerprint density at radius 3 is 2.84 bits per heavy atom. The largest absolute Gasteiger partial charge is 0.454 e. The Bertz CT molecular complexity index is 677. The van der Waals surface area contributed by atoms with Gasteiger partial charge in [-0.1, -0.05) is 6.07 Å². The quantitative estimate of drug-likeness (QED) is 0.621. The van der Waals surface area contributed by atoms with E-state index in [1.807, 2.05) is 6.07 Å². The second-order valence-electron chi connectivity index (χ2n) is 3.74. The molecule has 0 aliphatic carbocycles. The van der Waals surface area contributed by atoms with Crippen molar-refractivity contribution < 1.29 is 9.66 Å². The van der Waals surface area contributed by atoms with Crippen LogP contribution in [0.15, 0.2) is 36.7 Å². The van der Waals surface area contributed by atoms with Crippen LogP contribution < -0.4 is 4.74 Å². The van der Waals surface area contributed by atoms with Gasteiger partial charge < -0.3 is 4.74 Å². The van der Waals surface area contributed by atoms with Crippen LogP contribution in [0.3, 0.4) is 0 Å². The molecule has 0 saturated carbocycles. The van der Waals surface area contributed by atoms with Crippen LogP contribution in [0.25, 0.3) is 0 Å². The van der Waals surface area contributed by atoms with Gasteiger partial charge in [-0.05, 0) is 19.1 Å². The molecule has 0 aliphatic rings. The van der Waals surface area contributed by atoms with Crippen molar-refractivity contribution in [1.29, 1.82) is 5.26 Å². The summed E-state index contributed by atoms with van der Waals surface area (Å²) in [6, 6.07) is 8.03. The number of ether oxygens (including phenoxy) is 1. The molecule has 2 aromatic rings. The molecule has 2 rings (SSSR count). The minimum absolute atomic E-state index is 0.0279. The summed E-state index contributed by atoms with van der Waals surface area (Å²) in [4.78, 5) is 14.2. The highest BCUT2D eigenvalue weighted by Gasteiger charge is 2.15. The van der Waals surface area contributed by atoms with E-state index >= 15 is 0 Å². The summed E-state index contributed by atoms with van der Waals surface area (Å²) in [5.74, 6) is 0.604. The zero-order chi connectivity index (χ0) is 13.8. The summed E-state index contributed by atoms with van der Waals surface area (Å²) in [6.07, 6.45) is 2.88. The number of nitrogens with zero attached hydrogens (tertiary/aromatic N) is 3. The molecular weight excluding hydrogens is 246 g/mol. The van der Waals surface area contributed by atoms with Crippen LogP contribution in [-0.4, -0.2) is 9.91 Å². The molecule has 0 atom stereocenters. The molecule has 6 nitrogen and oxygen atoms in total. The maximum atomic E-state index is 10.8. The lowest BCUT2D eigenvalue weighted by Crippen LogP contribution is -1.96. The molecule has 0 aliphatic heterocycles. The molecule has 1 heterocycles. The minimum atomic E-state index is -0.476. The number of nitro groups is 1. The van der Waals surface area contributed by atoms with Crippen LogP contribution in [0.4, 0.5) is 5.69 Å². The topological polar surface area (TPSA) is 89.0 Å². The number of nitro benzene ring substituents is 1. The van der Waals surface area contributed by atoms with Crippen molar-refractivity contribution in [2.45, 2.75) is 6.92 Å². The number of hydrogen-bond acceptors (Lipinski definition) is 5. The van der Waals surface area contributed by atoms with Gasteiger partial charge in [0.2, 0.25) is 0 Å². The molecule has 0 unspecified atom stereocenters. The van der Waals surface area contributed by atoms with Gasteiger partial charge in [0.05, 0.1) is 22.2 Å². The van der Waals surface area contributed by atoms with Crippen molar-refractivity contribution in [3.8, 4) is 17.6 Å². The molecule has 94 valence electrons. The van der Waals surface area contributed by atoms with Crippen molar-refractivity contribution in [3.05, 3.63) is 57.9 Å². The van der Waals surface area contributed by atoms with Gasteiger partial charge in [-0.2, -0.15) is 5.26 Å². The lowest BCUT2D eigenvalue weighted by atomic mass is 10.2. The van der Waals surface area contributed by atoms with E-state index in [1.165, 1.54) is 30.6 Å². The molecule has 0 amide bonds. The molecule has 1 aromatic carbocycles. The van der Waals surface area contributed by atoms with E-state index in [0.29, 0.717) is 16.9 Å². The molecule has 1 aromatic heterocycles. The van der Waals surface area contributed by atoms with E-state index in [9.17, 15) is 10.1 Å². The van der Waals surface area contributed by atoms with E-state index in [1.54, 1.807) is 13.0 Å². The first-order chi connectivity index (χ1) is 9.13. The molecule has 0 saturated heterocycles. The third-order valence-electron chi connectivity index (χ3n) is 2.58. The number of aromatic nitrogens is 1. The van der Waals surface area contributed by atoms with Gasteiger partial charge in [0.15, 0.2) is 5.75 Å². The molecule has 6 heteroatoms. The van der Waals surface area contributed by atoms with E-state index in [2.05, 4.69) is 4.98 Å². The fourth-order valence-corrected chi connectivity index (χ4v) is 1.58. The molecule has 0 spiro atoms. The van der Waals surface area contributed by atoms with Crippen LogP contribution in [0.1, 0.15) is 11.1 Å². The van der Waals surface area contributed by atoms with E-state index in [-0.39, 0.29) is 11.4 Å². The van der Waals surface area contributed by atoms with Crippen molar-refractivity contribution in [3.63, 3.8) is 0 Å². The van der Waals surface area contributed by atoms with Gasteiger partial charge >= 0.3 is 0 Å². The lowest BCUT2D eigenvalue weighted by Gasteiger charge is -2.09. The Labute approximate surface area is 109 Å². The zero-order valence-electron chi connectivity index (χ0n) is 10.0. The average Bonchev–Trinajstić information content (AvgIpc) is 2.41. The van der Waals surface area contributed by atoms with E-state index in [0.717, 1.165) is 0 Å². The minimum Gasteiger partial charge on any atom is -0.454 e. The number of benzene rings is 1. The molecule has 19 heavy (non-hydrogen) atoms. The van der Waals surface area contributed by atoms with Gasteiger partial charge in [-0.25, -0.2) is 0 Å². The summed E-state index contributed by atoms with van der Waals surface area (Å²) in [6.45, 7) is 1.59. The highest BCUT2D eigenvalue weighted by molar-refractivity contribution is 5.51. The van der Waals surface area contributed by atoms with Crippen molar-refractivity contribution in [2.24, 2.45) is 0 Å². The number of nitriles is 1. The van der Waals surface area contributed by atoms with E-state index < -0.39 is 4.92 Å². The molecule has 0 radical (unpaired) electrons. The maximum Gasteiger partial charge on any atom is 0.276 e. The fraction of sp³-hybridized carbons (Fsp3) is 0.0769. The van der Waals surface area contributed by atoms with Gasteiger partial charge in [0.1, 0.15) is 11.8 Å². The first-order valence-corrected chi connectivity index (χ1v) is 5.39. The Hall–Kier alpha value is -2.94. The van der Waals surface area contributed by atoms with E-state index in [4.69, 9.17) is 10.00 Å². The second-order valence-corrected chi connectivity index (χ2v) is 3.74. The highest BCUT2D eigenvalue weighted by atomic mass is 16.6. The van der Waals surface area contributed by atoms with Crippen molar-refractivity contribution in [2.75, 3.05) is 0 Å². The molecule has 0 bridgehead atoms. The van der Waals surface area contributed by atoms with Crippen LogP contribution in [0.2, 0.25) is 0 Å². The Morgan fingerprint density at radius 2 is 2.16 bits per heavy atom. The van der Waals surface area contributed by atoms with Crippen molar-refractivity contribution >= 4 is 5.69 Å². The average molecular weight is 255 g/mol. The maximum absolute atomic E-state index is 10.8. The van der Waals surface area contributed by atoms with Crippen molar-refractivity contribution in [1.82, 2.24) is 4.98 Å². The fourth-order valence-electron chi connectivity index (χ4n) is 1.58. The van der Waals surface area contributed by atoms with Gasteiger partial charge in [0, 0.05) is 12.3 Å². The van der Waals surface area contributed by atoms with Crippen LogP contribution in [0.5, 0.6) is 11.5 Å². The summed E-state index contributed by atoms with van der Waals surface area (Å²) in [5, 5.41) is 19.8. The van der Waals surface area contributed by atoms with Crippen LogP contribution in [-0.2, 0) is 0 Å². The number of rotatable bonds is 3. The number of pyridine rings is 1. The zero-order valence-corrected chi connectivity index (χ0v) is 10.0. The Balaban J connectivity index is 2.42. The Kier molecular flexibility index (Phi) is 3.39. The Morgan fingerprint density at radius 1 is 1.37 bits per heavy atom. The highest BCUT2D eigenvalue weighted by Crippen LogP contribution is 2.31. The normalized spacial score (nSPS) is 9.68.